The SMILES string of the molecule is NCC1CCCC1C(=O)C1=CCCCC1. The molecule has 0 aromatic carbocycles. The van der Waals surface area contributed by atoms with Crippen molar-refractivity contribution in [1.29, 1.82) is 0 Å². The Morgan fingerprint density at radius 3 is 2.87 bits per heavy atom. The molecule has 84 valence electrons. The van der Waals surface area contributed by atoms with Crippen LogP contribution in [0.2, 0.25) is 0 Å². The van der Waals surface area contributed by atoms with Gasteiger partial charge in [0.05, 0.1) is 0 Å². The van der Waals surface area contributed by atoms with E-state index in [-0.39, 0.29) is 5.92 Å². The summed E-state index contributed by atoms with van der Waals surface area (Å²) in [6.45, 7) is 0.684. The smallest absolute Gasteiger partial charge is 0.161 e. The van der Waals surface area contributed by atoms with Crippen molar-refractivity contribution in [3.8, 4) is 0 Å². The summed E-state index contributed by atoms with van der Waals surface area (Å²) in [5.74, 6) is 1.13. The van der Waals surface area contributed by atoms with Crippen molar-refractivity contribution in [3.63, 3.8) is 0 Å². The van der Waals surface area contributed by atoms with Crippen LogP contribution in [0.15, 0.2) is 11.6 Å². The molecule has 0 aromatic heterocycles. The molecule has 0 bridgehead atoms. The highest BCUT2D eigenvalue weighted by molar-refractivity contribution is 5.97. The molecule has 2 unspecified atom stereocenters. The monoisotopic (exact) mass is 207 g/mol. The molecule has 2 N–H and O–H groups in total. The van der Waals surface area contributed by atoms with E-state index in [1.165, 1.54) is 19.3 Å². The second-order valence-corrected chi connectivity index (χ2v) is 4.87. The normalized spacial score (nSPS) is 31.4. The van der Waals surface area contributed by atoms with Crippen LogP contribution in [0.25, 0.3) is 0 Å². The van der Waals surface area contributed by atoms with Crippen LogP contribution in [0.5, 0.6) is 0 Å². The average Bonchev–Trinajstić information content (AvgIpc) is 2.77. The Balaban J connectivity index is 2.03. The molecule has 2 aliphatic carbocycles. The predicted molar refractivity (Wildman–Crippen MR) is 61.4 cm³/mol. The molecule has 0 aliphatic heterocycles. The van der Waals surface area contributed by atoms with E-state index >= 15 is 0 Å². The fourth-order valence-electron chi connectivity index (χ4n) is 2.96. The largest absolute Gasteiger partial charge is 0.330 e. The van der Waals surface area contributed by atoms with Crippen molar-refractivity contribution >= 4 is 5.78 Å². The third kappa shape index (κ3) is 2.31. The maximum atomic E-state index is 12.2. The molecule has 1 fully saturated rings. The van der Waals surface area contributed by atoms with Crippen molar-refractivity contribution in [2.75, 3.05) is 6.54 Å². The van der Waals surface area contributed by atoms with E-state index in [4.69, 9.17) is 5.73 Å². The zero-order chi connectivity index (χ0) is 10.7. The summed E-state index contributed by atoms with van der Waals surface area (Å²) in [6, 6.07) is 0. The van der Waals surface area contributed by atoms with Gasteiger partial charge in [0.25, 0.3) is 0 Å². The summed E-state index contributed by atoms with van der Waals surface area (Å²) in [4.78, 5) is 12.2. The number of hydrogen-bond donors (Lipinski definition) is 1. The van der Waals surface area contributed by atoms with Crippen molar-refractivity contribution in [2.24, 2.45) is 17.6 Å². The van der Waals surface area contributed by atoms with Crippen LogP contribution >= 0.6 is 0 Å². The molecule has 2 aliphatic rings. The summed E-state index contributed by atoms with van der Waals surface area (Å²) in [7, 11) is 0. The van der Waals surface area contributed by atoms with Gasteiger partial charge in [-0.2, -0.15) is 0 Å². The molecule has 0 spiro atoms. The molecular weight excluding hydrogens is 186 g/mol. The number of allylic oxidation sites excluding steroid dienone is 2. The summed E-state index contributed by atoms with van der Waals surface area (Å²) in [5.41, 5.74) is 6.82. The molecule has 2 heteroatoms. The van der Waals surface area contributed by atoms with Gasteiger partial charge in [0, 0.05) is 5.92 Å². The Hall–Kier alpha value is -0.630. The Morgan fingerprint density at radius 1 is 1.33 bits per heavy atom. The van der Waals surface area contributed by atoms with Gasteiger partial charge in [-0.15, -0.1) is 0 Å². The van der Waals surface area contributed by atoms with E-state index in [1.807, 2.05) is 0 Å². The van der Waals surface area contributed by atoms with Crippen LogP contribution in [0.1, 0.15) is 44.9 Å². The van der Waals surface area contributed by atoms with E-state index in [0.29, 0.717) is 18.2 Å². The van der Waals surface area contributed by atoms with E-state index in [2.05, 4.69) is 6.08 Å². The first-order valence-electron chi connectivity index (χ1n) is 6.26. The standard InChI is InChI=1S/C13H21NO/c14-9-11-7-4-8-12(11)13(15)10-5-2-1-3-6-10/h5,11-12H,1-4,6-9,14H2. The third-order valence-electron chi connectivity index (χ3n) is 3.91. The fraction of sp³-hybridized carbons (Fsp3) is 0.769. The second-order valence-electron chi connectivity index (χ2n) is 4.87. The van der Waals surface area contributed by atoms with E-state index in [0.717, 1.165) is 31.3 Å². The minimum Gasteiger partial charge on any atom is -0.330 e. The zero-order valence-electron chi connectivity index (χ0n) is 9.37. The second kappa shape index (κ2) is 4.93. The number of carbonyl (C=O) groups is 1. The average molecular weight is 207 g/mol. The molecule has 1 saturated carbocycles. The lowest BCUT2D eigenvalue weighted by Gasteiger charge is -2.20. The molecule has 0 heterocycles. The minimum atomic E-state index is 0.249. The maximum absolute atomic E-state index is 12.2. The molecule has 0 amide bonds. The van der Waals surface area contributed by atoms with Crippen LogP contribution in [0, 0.1) is 11.8 Å². The molecule has 0 saturated heterocycles. The lowest BCUT2D eigenvalue weighted by atomic mass is 9.84. The van der Waals surface area contributed by atoms with Crippen LogP contribution in [0.3, 0.4) is 0 Å². The minimum absolute atomic E-state index is 0.249. The van der Waals surface area contributed by atoms with Gasteiger partial charge < -0.3 is 5.73 Å². The maximum Gasteiger partial charge on any atom is 0.161 e. The number of nitrogens with two attached hydrogens (primary N) is 1. The van der Waals surface area contributed by atoms with Crippen LogP contribution in [-0.2, 0) is 4.79 Å². The Morgan fingerprint density at radius 2 is 2.20 bits per heavy atom. The quantitative estimate of drug-likeness (QED) is 0.772. The lowest BCUT2D eigenvalue weighted by molar-refractivity contribution is -0.120. The number of hydrogen-bond acceptors (Lipinski definition) is 2. The summed E-state index contributed by atoms with van der Waals surface area (Å²) in [5, 5.41) is 0. The molecule has 0 aromatic rings. The van der Waals surface area contributed by atoms with E-state index in [1.54, 1.807) is 0 Å². The van der Waals surface area contributed by atoms with Gasteiger partial charge in [0.1, 0.15) is 0 Å². The first-order valence-corrected chi connectivity index (χ1v) is 6.26. The number of ketones is 1. The number of rotatable bonds is 3. The summed E-state index contributed by atoms with van der Waals surface area (Å²) >= 11 is 0. The Bertz CT molecular complexity index is 270. The molecule has 0 radical (unpaired) electrons. The molecule has 2 nitrogen and oxygen atoms in total. The highest BCUT2D eigenvalue weighted by Gasteiger charge is 2.33. The third-order valence-corrected chi connectivity index (χ3v) is 3.91. The molecule has 15 heavy (non-hydrogen) atoms. The molecular formula is C13H21NO. The van der Waals surface area contributed by atoms with Gasteiger partial charge in [0.15, 0.2) is 5.78 Å². The summed E-state index contributed by atoms with van der Waals surface area (Å²) < 4.78 is 0. The Kier molecular flexibility index (Phi) is 3.57. The summed E-state index contributed by atoms with van der Waals surface area (Å²) in [6.07, 6.45) is 10.1. The topological polar surface area (TPSA) is 43.1 Å². The first kappa shape index (κ1) is 10.9. The lowest BCUT2D eigenvalue weighted by Crippen LogP contribution is -2.26. The fourth-order valence-corrected chi connectivity index (χ4v) is 2.96. The Labute approximate surface area is 91.9 Å². The predicted octanol–water partition coefficient (Wildman–Crippen LogP) is 2.43. The highest BCUT2D eigenvalue weighted by Crippen LogP contribution is 2.35. The van der Waals surface area contributed by atoms with Crippen molar-refractivity contribution in [2.45, 2.75) is 44.9 Å². The first-order chi connectivity index (χ1) is 7.33. The van der Waals surface area contributed by atoms with Crippen LogP contribution in [-0.4, -0.2) is 12.3 Å². The van der Waals surface area contributed by atoms with E-state index < -0.39 is 0 Å². The van der Waals surface area contributed by atoms with Crippen molar-refractivity contribution in [1.82, 2.24) is 0 Å². The van der Waals surface area contributed by atoms with Gasteiger partial charge in [-0.25, -0.2) is 0 Å². The van der Waals surface area contributed by atoms with Gasteiger partial charge in [-0.1, -0.05) is 12.5 Å². The van der Waals surface area contributed by atoms with Crippen molar-refractivity contribution in [3.05, 3.63) is 11.6 Å². The van der Waals surface area contributed by atoms with Gasteiger partial charge >= 0.3 is 0 Å². The van der Waals surface area contributed by atoms with Crippen molar-refractivity contribution < 1.29 is 4.79 Å². The zero-order valence-corrected chi connectivity index (χ0v) is 9.37. The van der Waals surface area contributed by atoms with E-state index in [9.17, 15) is 4.79 Å². The molecule has 2 rings (SSSR count). The highest BCUT2D eigenvalue weighted by atomic mass is 16.1. The van der Waals surface area contributed by atoms with Crippen LogP contribution in [0.4, 0.5) is 0 Å². The molecule has 2 atom stereocenters. The van der Waals surface area contributed by atoms with Crippen LogP contribution < -0.4 is 5.73 Å². The van der Waals surface area contributed by atoms with Gasteiger partial charge in [-0.3, -0.25) is 4.79 Å². The van der Waals surface area contributed by atoms with Gasteiger partial charge in [0.2, 0.25) is 0 Å². The number of carbonyl (C=O) groups excluding carboxylic acids is 1. The number of Topliss-reactive ketones (excluding diaryl/α,β-unsaturated/α-hetero) is 1. The van der Waals surface area contributed by atoms with Gasteiger partial charge in [-0.05, 0) is 56.6 Å².